The van der Waals surface area contributed by atoms with Gasteiger partial charge in [0.25, 0.3) is 0 Å². The molecule has 7 nitrogen and oxygen atoms in total. The highest BCUT2D eigenvalue weighted by Gasteiger charge is 2.07. The quantitative estimate of drug-likeness (QED) is 0.471. The summed E-state index contributed by atoms with van der Waals surface area (Å²) < 4.78 is 0. The Morgan fingerprint density at radius 2 is 1.76 bits per heavy atom. The molecular weight excluding hydrogens is 388 g/mol. The van der Waals surface area contributed by atoms with Crippen LogP contribution in [0.3, 0.4) is 0 Å². The van der Waals surface area contributed by atoms with Gasteiger partial charge in [0, 0.05) is 29.9 Å². The Morgan fingerprint density at radius 3 is 2.52 bits per heavy atom. The van der Waals surface area contributed by atoms with E-state index in [-0.39, 0.29) is 5.91 Å². The van der Waals surface area contributed by atoms with Crippen LogP contribution >= 0.6 is 11.6 Å². The minimum absolute atomic E-state index is 0.115. The van der Waals surface area contributed by atoms with Crippen molar-refractivity contribution in [2.75, 3.05) is 22.5 Å². The topological polar surface area (TPSA) is 91.8 Å². The summed E-state index contributed by atoms with van der Waals surface area (Å²) in [5.74, 6) is 0.827. The van der Waals surface area contributed by atoms with Gasteiger partial charge in [-0.05, 0) is 55.2 Å². The number of aromatic nitrogens is 3. The number of nitrogens with one attached hydrogen (secondary N) is 3. The van der Waals surface area contributed by atoms with Gasteiger partial charge >= 0.3 is 0 Å². The highest BCUT2D eigenvalue weighted by Crippen LogP contribution is 2.25. The first-order valence-corrected chi connectivity index (χ1v) is 9.70. The van der Waals surface area contributed by atoms with Gasteiger partial charge in [-0.15, -0.1) is 0 Å². The molecule has 29 heavy (non-hydrogen) atoms. The van der Waals surface area contributed by atoms with E-state index in [1.807, 2.05) is 49.4 Å². The van der Waals surface area contributed by atoms with Crippen LogP contribution in [0, 0.1) is 6.92 Å². The standard InChI is InChI=1S/C21H23ClN6O/c1-14-18(26-15(2)29)6-3-7-19(14)27-21-25-13-24-20(28-21)23-12-4-5-16-8-10-17(22)11-9-16/h3,6-11,13H,4-5,12H2,1-2H3,(H,26,29)(H2,23,24,25,27,28). The Labute approximate surface area is 175 Å². The minimum Gasteiger partial charge on any atom is -0.354 e. The molecule has 3 N–H and O–H groups in total. The van der Waals surface area contributed by atoms with Crippen molar-refractivity contribution in [3.8, 4) is 0 Å². The van der Waals surface area contributed by atoms with E-state index >= 15 is 0 Å². The van der Waals surface area contributed by atoms with E-state index in [1.165, 1.54) is 18.8 Å². The van der Waals surface area contributed by atoms with Gasteiger partial charge in [0.15, 0.2) is 0 Å². The van der Waals surface area contributed by atoms with Crippen LogP contribution in [0.5, 0.6) is 0 Å². The number of hydrogen-bond acceptors (Lipinski definition) is 6. The minimum atomic E-state index is -0.115. The van der Waals surface area contributed by atoms with Gasteiger partial charge in [-0.25, -0.2) is 9.97 Å². The molecule has 0 spiro atoms. The molecule has 0 bridgehead atoms. The molecule has 0 aliphatic heterocycles. The summed E-state index contributed by atoms with van der Waals surface area (Å²) in [5.41, 5.74) is 3.71. The van der Waals surface area contributed by atoms with Gasteiger partial charge in [0.1, 0.15) is 6.33 Å². The molecule has 3 aromatic rings. The van der Waals surface area contributed by atoms with Crippen LogP contribution in [0.15, 0.2) is 48.8 Å². The molecule has 0 aliphatic rings. The van der Waals surface area contributed by atoms with Crippen LogP contribution < -0.4 is 16.0 Å². The lowest BCUT2D eigenvalue weighted by atomic mass is 10.1. The SMILES string of the molecule is CC(=O)Nc1cccc(Nc2ncnc(NCCCc3ccc(Cl)cc3)n2)c1C. The molecule has 1 heterocycles. The largest absolute Gasteiger partial charge is 0.354 e. The van der Waals surface area contributed by atoms with Gasteiger partial charge in [0.05, 0.1) is 0 Å². The molecule has 8 heteroatoms. The number of halogens is 1. The van der Waals surface area contributed by atoms with E-state index in [4.69, 9.17) is 11.6 Å². The fourth-order valence-corrected chi connectivity index (χ4v) is 2.93. The third kappa shape index (κ3) is 6.15. The molecule has 2 aromatic carbocycles. The third-order valence-corrected chi connectivity index (χ3v) is 4.55. The number of carbonyl (C=O) groups is 1. The van der Waals surface area contributed by atoms with E-state index in [0.717, 1.165) is 41.3 Å². The predicted octanol–water partition coefficient (Wildman–Crippen LogP) is 4.58. The number of benzene rings is 2. The summed E-state index contributed by atoms with van der Waals surface area (Å²) in [5, 5.41) is 9.96. The molecule has 0 aliphatic carbocycles. The molecule has 1 amide bonds. The van der Waals surface area contributed by atoms with E-state index in [2.05, 4.69) is 30.9 Å². The second kappa shape index (κ2) is 9.84. The number of rotatable bonds is 8. The fourth-order valence-electron chi connectivity index (χ4n) is 2.80. The van der Waals surface area contributed by atoms with Gasteiger partial charge < -0.3 is 16.0 Å². The van der Waals surface area contributed by atoms with E-state index in [0.29, 0.717) is 11.9 Å². The second-order valence-corrected chi connectivity index (χ2v) is 7.01. The Bertz CT molecular complexity index is 977. The molecule has 0 saturated heterocycles. The first-order valence-electron chi connectivity index (χ1n) is 9.33. The van der Waals surface area contributed by atoms with Crippen LogP contribution in [-0.4, -0.2) is 27.4 Å². The fraction of sp³-hybridized carbons (Fsp3) is 0.238. The van der Waals surface area contributed by atoms with Crippen LogP contribution in [0.25, 0.3) is 0 Å². The number of nitrogens with zero attached hydrogens (tertiary/aromatic N) is 3. The van der Waals surface area contributed by atoms with Crippen LogP contribution in [0.4, 0.5) is 23.3 Å². The van der Waals surface area contributed by atoms with Crippen molar-refractivity contribution in [1.29, 1.82) is 0 Å². The van der Waals surface area contributed by atoms with Crippen LogP contribution in [0.2, 0.25) is 5.02 Å². The molecule has 3 rings (SSSR count). The lowest BCUT2D eigenvalue weighted by Gasteiger charge is -2.13. The second-order valence-electron chi connectivity index (χ2n) is 6.57. The number of hydrogen-bond donors (Lipinski definition) is 3. The first kappa shape index (κ1) is 20.5. The zero-order valence-electron chi connectivity index (χ0n) is 16.4. The third-order valence-electron chi connectivity index (χ3n) is 4.30. The number of amides is 1. The van der Waals surface area contributed by atoms with Gasteiger partial charge in [-0.1, -0.05) is 29.8 Å². The average Bonchev–Trinajstić information content (AvgIpc) is 2.70. The van der Waals surface area contributed by atoms with Crippen molar-refractivity contribution in [2.45, 2.75) is 26.7 Å². The normalized spacial score (nSPS) is 10.4. The number of anilines is 4. The molecule has 0 saturated carbocycles. The number of aryl methyl sites for hydroxylation is 1. The Kier molecular flexibility index (Phi) is 6.97. The van der Waals surface area contributed by atoms with Crippen molar-refractivity contribution < 1.29 is 4.79 Å². The Balaban J connectivity index is 1.57. The first-order chi connectivity index (χ1) is 14.0. The van der Waals surface area contributed by atoms with Crippen LogP contribution in [0.1, 0.15) is 24.5 Å². The molecule has 1 aromatic heterocycles. The maximum atomic E-state index is 11.3. The van der Waals surface area contributed by atoms with E-state index < -0.39 is 0 Å². The lowest BCUT2D eigenvalue weighted by molar-refractivity contribution is -0.114. The maximum absolute atomic E-state index is 11.3. The molecule has 0 unspecified atom stereocenters. The summed E-state index contributed by atoms with van der Waals surface area (Å²) in [6.45, 7) is 4.14. The van der Waals surface area contributed by atoms with Gasteiger partial charge in [0.2, 0.25) is 17.8 Å². The highest BCUT2D eigenvalue weighted by molar-refractivity contribution is 6.30. The van der Waals surface area contributed by atoms with Crippen molar-refractivity contribution in [3.63, 3.8) is 0 Å². The van der Waals surface area contributed by atoms with Crippen molar-refractivity contribution in [1.82, 2.24) is 15.0 Å². The van der Waals surface area contributed by atoms with E-state index in [9.17, 15) is 4.79 Å². The summed E-state index contributed by atoms with van der Waals surface area (Å²) in [6, 6.07) is 13.5. The molecule has 0 atom stereocenters. The average molecular weight is 411 g/mol. The van der Waals surface area contributed by atoms with Crippen LogP contribution in [-0.2, 0) is 11.2 Å². The molecule has 0 radical (unpaired) electrons. The van der Waals surface area contributed by atoms with Crippen molar-refractivity contribution in [3.05, 3.63) is 64.9 Å². The Hall–Kier alpha value is -3.19. The van der Waals surface area contributed by atoms with Crippen molar-refractivity contribution >= 4 is 40.8 Å². The maximum Gasteiger partial charge on any atom is 0.232 e. The lowest BCUT2D eigenvalue weighted by Crippen LogP contribution is -2.10. The summed E-state index contributed by atoms with van der Waals surface area (Å²) >= 11 is 5.91. The zero-order valence-corrected chi connectivity index (χ0v) is 17.1. The smallest absolute Gasteiger partial charge is 0.232 e. The molecular formula is C21H23ClN6O. The summed E-state index contributed by atoms with van der Waals surface area (Å²) in [6.07, 6.45) is 3.34. The van der Waals surface area contributed by atoms with Crippen molar-refractivity contribution in [2.24, 2.45) is 0 Å². The highest BCUT2D eigenvalue weighted by atomic mass is 35.5. The molecule has 0 fully saturated rings. The van der Waals surface area contributed by atoms with Gasteiger partial charge in [-0.2, -0.15) is 4.98 Å². The Morgan fingerprint density at radius 1 is 1.03 bits per heavy atom. The monoisotopic (exact) mass is 410 g/mol. The summed E-state index contributed by atoms with van der Waals surface area (Å²) in [4.78, 5) is 24.1. The number of carbonyl (C=O) groups excluding carboxylic acids is 1. The predicted molar refractivity (Wildman–Crippen MR) is 117 cm³/mol. The van der Waals surface area contributed by atoms with E-state index in [1.54, 1.807) is 0 Å². The summed E-state index contributed by atoms with van der Waals surface area (Å²) in [7, 11) is 0. The molecule has 150 valence electrons. The van der Waals surface area contributed by atoms with Gasteiger partial charge in [-0.3, -0.25) is 4.79 Å². The zero-order chi connectivity index (χ0) is 20.6.